The van der Waals surface area contributed by atoms with Crippen LogP contribution in [0.2, 0.25) is 0 Å². The first kappa shape index (κ1) is 24.4. The molecule has 0 heterocycles. The second-order valence-electron chi connectivity index (χ2n) is 6.66. The van der Waals surface area contributed by atoms with Crippen molar-refractivity contribution in [1.82, 2.24) is 0 Å². The number of rotatable bonds is 10. The molecule has 0 aliphatic rings. The Kier molecular flexibility index (Phi) is 9.04. The number of hydrogen-bond acceptors (Lipinski definition) is 9. The lowest BCUT2D eigenvalue weighted by Crippen LogP contribution is -2.30. The molecule has 0 aliphatic carbocycles. The molecule has 2 aromatic rings. The minimum atomic E-state index is -0.833. The maximum atomic E-state index is 12.8. The normalized spacial score (nSPS) is 12.3. The fourth-order valence-electron chi connectivity index (χ4n) is 2.53. The van der Waals surface area contributed by atoms with Crippen molar-refractivity contribution in [3.05, 3.63) is 48.0 Å². The van der Waals surface area contributed by atoms with E-state index in [1.165, 1.54) is 25.6 Å². The molecule has 0 amide bonds. The lowest BCUT2D eigenvalue weighted by molar-refractivity contribution is -0.140. The van der Waals surface area contributed by atoms with E-state index < -0.39 is 18.0 Å². The van der Waals surface area contributed by atoms with E-state index in [-0.39, 0.29) is 18.9 Å². The quantitative estimate of drug-likeness (QED) is 0.188. The van der Waals surface area contributed by atoms with Crippen molar-refractivity contribution < 1.29 is 29.4 Å². The molecule has 1 atom stereocenters. The zero-order valence-electron chi connectivity index (χ0n) is 17.9. The van der Waals surface area contributed by atoms with Crippen LogP contribution < -0.4 is 9.64 Å². The van der Waals surface area contributed by atoms with E-state index in [0.717, 1.165) is 9.79 Å². The maximum Gasteiger partial charge on any atom is 0.331 e. The van der Waals surface area contributed by atoms with Crippen LogP contribution in [0.4, 0.5) is 5.69 Å². The fourth-order valence-corrected chi connectivity index (χ4v) is 3.38. The minimum Gasteiger partial charge on any atom is -0.491 e. The van der Waals surface area contributed by atoms with Crippen LogP contribution in [0.15, 0.2) is 57.4 Å². The molecule has 0 saturated heterocycles. The Hall–Kier alpha value is -2.88. The van der Waals surface area contributed by atoms with Gasteiger partial charge in [0.2, 0.25) is 5.78 Å². The zero-order valence-corrected chi connectivity index (χ0v) is 18.7. The van der Waals surface area contributed by atoms with Crippen molar-refractivity contribution in [2.45, 2.75) is 36.8 Å². The van der Waals surface area contributed by atoms with Crippen LogP contribution >= 0.6 is 11.8 Å². The van der Waals surface area contributed by atoms with E-state index in [4.69, 9.17) is 9.84 Å². The first-order chi connectivity index (χ1) is 14.7. The number of aliphatic hydroxyl groups excluding tert-OH is 2. The first-order valence-corrected chi connectivity index (χ1v) is 10.4. The number of anilines is 1. The average molecular weight is 447 g/mol. The molecule has 2 N–H and O–H groups in total. The third-order valence-electron chi connectivity index (χ3n) is 4.21. The van der Waals surface area contributed by atoms with Crippen molar-refractivity contribution in [3.63, 3.8) is 0 Å². The third-order valence-corrected chi connectivity index (χ3v) is 5.21. The summed E-state index contributed by atoms with van der Waals surface area (Å²) in [6.07, 6.45) is -0.833. The van der Waals surface area contributed by atoms with Crippen LogP contribution in [-0.4, -0.2) is 54.2 Å². The Morgan fingerprint density at radius 3 is 2.35 bits per heavy atom. The highest BCUT2D eigenvalue weighted by molar-refractivity contribution is 7.99. The van der Waals surface area contributed by atoms with Crippen molar-refractivity contribution in [2.24, 2.45) is 5.16 Å². The Morgan fingerprint density at radius 1 is 1.13 bits per heavy atom. The standard InChI is InChI=1S/C22H26N2O6S/c1-14(23-30-16(3)27)22(28)20-10-9-19(13-21(20)24(4)15(2)26)31-18-7-5-17(6-8-18)29-12-11-25/h5-10,13,15,25-26H,11-12H2,1-4H3/b23-14+. The monoisotopic (exact) mass is 446 g/mol. The number of carbonyl (C=O) groups excluding carboxylic acids is 2. The van der Waals surface area contributed by atoms with Crippen LogP contribution in [0, 0.1) is 0 Å². The second kappa shape index (κ2) is 11.5. The van der Waals surface area contributed by atoms with Gasteiger partial charge >= 0.3 is 5.97 Å². The highest BCUT2D eigenvalue weighted by Gasteiger charge is 2.20. The summed E-state index contributed by atoms with van der Waals surface area (Å²) in [6, 6.07) is 12.7. The number of aliphatic hydroxyl groups is 2. The molecule has 0 bridgehead atoms. The summed E-state index contributed by atoms with van der Waals surface area (Å²) in [7, 11) is 1.68. The van der Waals surface area contributed by atoms with Gasteiger partial charge in [0.1, 0.15) is 24.3 Å². The molecule has 166 valence electrons. The van der Waals surface area contributed by atoms with Gasteiger partial charge in [-0.25, -0.2) is 4.79 Å². The molecule has 1 unspecified atom stereocenters. The molecule has 31 heavy (non-hydrogen) atoms. The zero-order chi connectivity index (χ0) is 23.0. The molecule has 8 nitrogen and oxygen atoms in total. The van der Waals surface area contributed by atoms with Crippen LogP contribution in [0.1, 0.15) is 31.1 Å². The number of nitrogens with zero attached hydrogens (tertiary/aromatic N) is 2. The number of Topliss-reactive ketones (excluding diaryl/α,β-unsaturated/α-hetero) is 1. The van der Waals surface area contributed by atoms with Crippen molar-refractivity contribution in [1.29, 1.82) is 0 Å². The third kappa shape index (κ3) is 7.09. The van der Waals surface area contributed by atoms with Crippen molar-refractivity contribution in [3.8, 4) is 5.75 Å². The summed E-state index contributed by atoms with van der Waals surface area (Å²) in [5.74, 6) is -0.366. The molecule has 0 radical (unpaired) electrons. The van der Waals surface area contributed by atoms with Crippen molar-refractivity contribution >= 4 is 34.9 Å². The van der Waals surface area contributed by atoms with Gasteiger partial charge in [0.05, 0.1) is 12.3 Å². The second-order valence-corrected chi connectivity index (χ2v) is 7.80. The van der Waals surface area contributed by atoms with Gasteiger partial charge in [0.25, 0.3) is 0 Å². The first-order valence-electron chi connectivity index (χ1n) is 9.56. The van der Waals surface area contributed by atoms with Crippen LogP contribution in [0.5, 0.6) is 5.75 Å². The number of hydrogen-bond donors (Lipinski definition) is 2. The van der Waals surface area contributed by atoms with Crippen LogP contribution in [-0.2, 0) is 9.63 Å². The number of ether oxygens (including phenoxy) is 1. The van der Waals surface area contributed by atoms with Gasteiger partial charge < -0.3 is 24.7 Å². The summed E-state index contributed by atoms with van der Waals surface area (Å²) in [5, 5.41) is 22.5. The molecular formula is C22H26N2O6S. The number of oxime groups is 1. The largest absolute Gasteiger partial charge is 0.491 e. The van der Waals surface area contributed by atoms with Gasteiger partial charge in [0, 0.05) is 29.3 Å². The minimum absolute atomic E-state index is 0.0225. The van der Waals surface area contributed by atoms with E-state index in [2.05, 4.69) is 9.99 Å². The average Bonchev–Trinajstić information content (AvgIpc) is 2.75. The topological polar surface area (TPSA) is 109 Å². The van der Waals surface area contributed by atoms with E-state index in [1.54, 1.807) is 37.1 Å². The molecule has 2 aromatic carbocycles. The van der Waals surface area contributed by atoms with Crippen LogP contribution in [0.3, 0.4) is 0 Å². The SMILES string of the molecule is CC(=O)O/N=C(\C)C(=O)c1ccc(Sc2ccc(OCCO)cc2)cc1N(C)C(C)O. The molecule has 0 fully saturated rings. The van der Waals surface area contributed by atoms with Gasteiger partial charge in [-0.2, -0.15) is 0 Å². The Labute approximate surface area is 185 Å². The van der Waals surface area contributed by atoms with Gasteiger partial charge in [-0.1, -0.05) is 16.9 Å². The lowest BCUT2D eigenvalue weighted by Gasteiger charge is -2.25. The number of ketones is 1. The van der Waals surface area contributed by atoms with E-state index in [1.807, 2.05) is 24.3 Å². The summed E-state index contributed by atoms with van der Waals surface area (Å²) >= 11 is 1.48. The Morgan fingerprint density at radius 2 is 1.77 bits per heavy atom. The van der Waals surface area contributed by atoms with E-state index >= 15 is 0 Å². The lowest BCUT2D eigenvalue weighted by atomic mass is 10.0. The fraction of sp³-hybridized carbons (Fsp3) is 0.318. The van der Waals surface area contributed by atoms with Gasteiger partial charge in [-0.05, 0) is 56.3 Å². The highest BCUT2D eigenvalue weighted by Crippen LogP contribution is 2.33. The van der Waals surface area contributed by atoms with Crippen LogP contribution in [0.25, 0.3) is 0 Å². The predicted octanol–water partition coefficient (Wildman–Crippen LogP) is 3.11. The highest BCUT2D eigenvalue weighted by atomic mass is 32.2. The van der Waals surface area contributed by atoms with Crippen molar-refractivity contribution in [2.75, 3.05) is 25.2 Å². The van der Waals surface area contributed by atoms with E-state index in [0.29, 0.717) is 17.0 Å². The predicted molar refractivity (Wildman–Crippen MR) is 119 cm³/mol. The summed E-state index contributed by atoms with van der Waals surface area (Å²) in [4.78, 5) is 31.7. The molecule has 0 aliphatic heterocycles. The Balaban J connectivity index is 2.31. The van der Waals surface area contributed by atoms with Gasteiger partial charge in [0.15, 0.2) is 0 Å². The molecule has 9 heteroatoms. The molecule has 2 rings (SSSR count). The maximum absolute atomic E-state index is 12.8. The van der Waals surface area contributed by atoms with E-state index in [9.17, 15) is 14.7 Å². The Bertz CT molecular complexity index is 944. The summed E-state index contributed by atoms with van der Waals surface area (Å²) in [5.41, 5.74) is 0.869. The molecule has 0 aromatic heterocycles. The van der Waals surface area contributed by atoms with Gasteiger partial charge in [-0.3, -0.25) is 4.79 Å². The smallest absolute Gasteiger partial charge is 0.331 e. The summed E-state index contributed by atoms with van der Waals surface area (Å²) in [6.45, 7) is 4.44. The molecule has 0 spiro atoms. The molecular weight excluding hydrogens is 420 g/mol. The van der Waals surface area contributed by atoms with Gasteiger partial charge in [-0.15, -0.1) is 0 Å². The molecule has 0 saturated carbocycles. The number of carbonyl (C=O) groups is 2. The number of benzene rings is 2. The summed E-state index contributed by atoms with van der Waals surface area (Å²) < 4.78 is 5.36.